The first-order valence-electron chi connectivity index (χ1n) is 10.4. The Kier molecular flexibility index (Phi) is 4.72. The lowest BCUT2D eigenvalue weighted by atomic mass is 9.92. The van der Waals surface area contributed by atoms with Crippen molar-refractivity contribution in [1.82, 2.24) is 15.1 Å². The van der Waals surface area contributed by atoms with Crippen LogP contribution in [0.1, 0.15) is 22.6 Å². The molecule has 3 heterocycles. The largest absolute Gasteiger partial charge is 0.378 e. The summed E-state index contributed by atoms with van der Waals surface area (Å²) in [4.78, 5) is 10.7. The van der Waals surface area contributed by atoms with Gasteiger partial charge in [0.15, 0.2) is 0 Å². The lowest BCUT2D eigenvalue weighted by molar-refractivity contribution is 0.122. The third-order valence-electron chi connectivity index (χ3n) is 5.95. The van der Waals surface area contributed by atoms with E-state index in [0.29, 0.717) is 18.8 Å². The molecule has 7 nitrogen and oxygen atoms in total. The molecule has 0 aliphatic carbocycles. The van der Waals surface area contributed by atoms with E-state index in [1.807, 2.05) is 39.0 Å². The highest BCUT2D eigenvalue weighted by atomic mass is 16.5. The maximum atomic E-state index is 9.54. The van der Waals surface area contributed by atoms with Crippen LogP contribution >= 0.6 is 0 Å². The number of fused-ring (bicyclic) bond motifs is 1. The fourth-order valence-corrected chi connectivity index (χ4v) is 4.32. The van der Waals surface area contributed by atoms with Crippen molar-refractivity contribution in [3.8, 4) is 28.3 Å². The summed E-state index contributed by atoms with van der Waals surface area (Å²) in [5, 5.41) is 13.7. The molecule has 0 unspecified atom stereocenters. The maximum absolute atomic E-state index is 9.54. The van der Waals surface area contributed by atoms with Gasteiger partial charge in [-0.25, -0.2) is 4.98 Å². The van der Waals surface area contributed by atoms with Crippen molar-refractivity contribution in [3.05, 3.63) is 52.9 Å². The van der Waals surface area contributed by atoms with Gasteiger partial charge in [-0.2, -0.15) is 5.26 Å². The standard InChI is InChI=1S/C24H23N5O2/c1-14-17(13-25)5-4-6-19(14)20-11-18(22-15(2)28-31-16(22)3)12-21-23(20)27-24(26-21)29-7-9-30-10-8-29/h4-6,11-12H,7-10H2,1-3H3,(H,26,27). The number of aromatic amines is 1. The number of rotatable bonds is 3. The zero-order chi connectivity index (χ0) is 21.5. The summed E-state index contributed by atoms with van der Waals surface area (Å²) in [6, 6.07) is 12.3. The molecule has 7 heteroatoms. The topological polar surface area (TPSA) is 91.0 Å². The second kappa shape index (κ2) is 7.56. The van der Waals surface area contributed by atoms with Crippen molar-refractivity contribution in [2.75, 3.05) is 31.2 Å². The zero-order valence-electron chi connectivity index (χ0n) is 17.8. The zero-order valence-corrected chi connectivity index (χ0v) is 17.8. The summed E-state index contributed by atoms with van der Waals surface area (Å²) >= 11 is 0. The van der Waals surface area contributed by atoms with E-state index in [0.717, 1.165) is 69.3 Å². The average Bonchev–Trinajstić information content (AvgIpc) is 3.37. The number of nitriles is 1. The Morgan fingerprint density at radius 2 is 1.90 bits per heavy atom. The number of nitrogens with zero attached hydrogens (tertiary/aromatic N) is 4. The molecule has 0 amide bonds. The third kappa shape index (κ3) is 3.25. The molecule has 1 N–H and O–H groups in total. The second-order valence-electron chi connectivity index (χ2n) is 7.87. The monoisotopic (exact) mass is 413 g/mol. The number of benzene rings is 2. The molecular formula is C24H23N5O2. The summed E-state index contributed by atoms with van der Waals surface area (Å²) in [6.45, 7) is 8.84. The fourth-order valence-electron chi connectivity index (χ4n) is 4.32. The molecule has 31 heavy (non-hydrogen) atoms. The number of hydrogen-bond donors (Lipinski definition) is 1. The number of H-pyrrole nitrogens is 1. The van der Waals surface area contributed by atoms with Gasteiger partial charge >= 0.3 is 0 Å². The highest BCUT2D eigenvalue weighted by Crippen LogP contribution is 2.38. The van der Waals surface area contributed by atoms with Gasteiger partial charge < -0.3 is 19.1 Å². The molecular weight excluding hydrogens is 390 g/mol. The molecule has 1 aliphatic heterocycles. The van der Waals surface area contributed by atoms with Crippen LogP contribution in [0.2, 0.25) is 0 Å². The van der Waals surface area contributed by atoms with Gasteiger partial charge in [-0.15, -0.1) is 0 Å². The Balaban J connectivity index is 1.77. The highest BCUT2D eigenvalue weighted by molar-refractivity contribution is 5.98. The van der Waals surface area contributed by atoms with E-state index in [9.17, 15) is 5.26 Å². The third-order valence-corrected chi connectivity index (χ3v) is 5.95. The minimum Gasteiger partial charge on any atom is -0.378 e. The summed E-state index contributed by atoms with van der Waals surface area (Å²) in [7, 11) is 0. The van der Waals surface area contributed by atoms with Crippen LogP contribution in [0.4, 0.5) is 5.95 Å². The molecule has 0 radical (unpaired) electrons. The molecule has 5 rings (SSSR count). The second-order valence-corrected chi connectivity index (χ2v) is 7.87. The van der Waals surface area contributed by atoms with Crippen LogP contribution in [0.5, 0.6) is 0 Å². The quantitative estimate of drug-likeness (QED) is 0.531. The summed E-state index contributed by atoms with van der Waals surface area (Å²) in [6.07, 6.45) is 0. The van der Waals surface area contributed by atoms with Gasteiger partial charge in [0.05, 0.1) is 41.6 Å². The van der Waals surface area contributed by atoms with Crippen LogP contribution in [0.15, 0.2) is 34.9 Å². The van der Waals surface area contributed by atoms with Crippen molar-refractivity contribution >= 4 is 17.0 Å². The van der Waals surface area contributed by atoms with Gasteiger partial charge in [-0.05, 0) is 55.7 Å². The molecule has 1 saturated heterocycles. The van der Waals surface area contributed by atoms with Crippen LogP contribution in [-0.2, 0) is 4.74 Å². The number of aryl methyl sites for hydroxylation is 2. The first-order valence-corrected chi connectivity index (χ1v) is 10.4. The molecule has 0 spiro atoms. The minimum absolute atomic E-state index is 0.664. The highest BCUT2D eigenvalue weighted by Gasteiger charge is 2.21. The van der Waals surface area contributed by atoms with E-state index in [-0.39, 0.29) is 0 Å². The Hall–Kier alpha value is -3.63. The van der Waals surface area contributed by atoms with E-state index < -0.39 is 0 Å². The van der Waals surface area contributed by atoms with Crippen molar-refractivity contribution < 1.29 is 9.26 Å². The Labute approximate surface area is 180 Å². The average molecular weight is 413 g/mol. The molecule has 156 valence electrons. The smallest absolute Gasteiger partial charge is 0.204 e. The number of ether oxygens (including phenoxy) is 1. The summed E-state index contributed by atoms with van der Waals surface area (Å²) in [5.41, 5.74) is 8.26. The Morgan fingerprint density at radius 3 is 2.61 bits per heavy atom. The van der Waals surface area contributed by atoms with Gasteiger partial charge in [-0.3, -0.25) is 0 Å². The predicted molar refractivity (Wildman–Crippen MR) is 119 cm³/mol. The van der Waals surface area contributed by atoms with Crippen molar-refractivity contribution in [1.29, 1.82) is 5.26 Å². The number of nitrogens with one attached hydrogen (secondary N) is 1. The Morgan fingerprint density at radius 1 is 1.10 bits per heavy atom. The summed E-state index contributed by atoms with van der Waals surface area (Å²) in [5.74, 6) is 1.61. The number of anilines is 1. The van der Waals surface area contributed by atoms with Crippen LogP contribution in [0.25, 0.3) is 33.3 Å². The minimum atomic E-state index is 0.664. The van der Waals surface area contributed by atoms with Crippen LogP contribution in [0, 0.1) is 32.1 Å². The summed E-state index contributed by atoms with van der Waals surface area (Å²) < 4.78 is 10.9. The molecule has 0 bridgehead atoms. The van der Waals surface area contributed by atoms with Crippen molar-refractivity contribution in [2.45, 2.75) is 20.8 Å². The lowest BCUT2D eigenvalue weighted by Crippen LogP contribution is -2.36. The van der Waals surface area contributed by atoms with Crippen LogP contribution in [0.3, 0.4) is 0 Å². The molecule has 2 aromatic heterocycles. The number of imidazole rings is 1. The Bertz CT molecular complexity index is 1300. The van der Waals surface area contributed by atoms with Crippen molar-refractivity contribution in [2.24, 2.45) is 0 Å². The van der Waals surface area contributed by atoms with Gasteiger partial charge in [0, 0.05) is 24.2 Å². The van der Waals surface area contributed by atoms with Gasteiger partial charge in [-0.1, -0.05) is 17.3 Å². The van der Waals surface area contributed by atoms with Crippen LogP contribution < -0.4 is 4.90 Å². The van der Waals surface area contributed by atoms with E-state index in [1.54, 1.807) is 0 Å². The van der Waals surface area contributed by atoms with E-state index in [1.165, 1.54) is 0 Å². The normalized spacial score (nSPS) is 14.2. The fraction of sp³-hybridized carbons (Fsp3) is 0.292. The van der Waals surface area contributed by atoms with Gasteiger partial charge in [0.2, 0.25) is 5.95 Å². The molecule has 0 saturated carbocycles. The number of aromatic nitrogens is 3. The first-order chi connectivity index (χ1) is 15.1. The number of hydrogen-bond acceptors (Lipinski definition) is 6. The maximum Gasteiger partial charge on any atom is 0.204 e. The molecule has 1 fully saturated rings. The molecule has 0 atom stereocenters. The molecule has 4 aromatic rings. The first kappa shape index (κ1) is 19.3. The van der Waals surface area contributed by atoms with E-state index in [2.05, 4.69) is 33.2 Å². The van der Waals surface area contributed by atoms with Gasteiger partial charge in [0.1, 0.15) is 5.76 Å². The lowest BCUT2D eigenvalue weighted by Gasteiger charge is -2.26. The molecule has 2 aromatic carbocycles. The predicted octanol–water partition coefficient (Wildman–Crippen LogP) is 4.52. The van der Waals surface area contributed by atoms with Crippen LogP contribution in [-0.4, -0.2) is 41.4 Å². The van der Waals surface area contributed by atoms with Crippen molar-refractivity contribution in [3.63, 3.8) is 0 Å². The van der Waals surface area contributed by atoms with E-state index in [4.69, 9.17) is 14.2 Å². The van der Waals surface area contributed by atoms with Gasteiger partial charge in [0.25, 0.3) is 0 Å². The molecule has 1 aliphatic rings. The van der Waals surface area contributed by atoms with E-state index >= 15 is 0 Å². The SMILES string of the molecule is Cc1noc(C)c1-c1cc(-c2cccc(C#N)c2C)c2nc(N3CCOCC3)[nH]c2c1. The number of morpholine rings is 1.